The maximum Gasteiger partial charge on any atom is 0.0615 e. The van der Waals surface area contributed by atoms with Crippen LogP contribution in [0.1, 0.15) is 13.8 Å². The molecule has 0 fully saturated rings. The Morgan fingerprint density at radius 2 is 2.00 bits per heavy atom. The summed E-state index contributed by atoms with van der Waals surface area (Å²) in [7, 11) is 3.77. The zero-order valence-electron chi connectivity index (χ0n) is 7.80. The summed E-state index contributed by atoms with van der Waals surface area (Å²) in [4.78, 5) is 2.20. The molecule has 0 aliphatic heterocycles. The summed E-state index contributed by atoms with van der Waals surface area (Å²) in [5.74, 6) is 0. The number of rotatable bonds is 5. The van der Waals surface area contributed by atoms with Crippen LogP contribution in [0.4, 0.5) is 0 Å². The average molecular weight is 180 g/mol. The SMILES string of the molecule is COCC(C)N(C)CC(C)Cl. The second-order valence-electron chi connectivity index (χ2n) is 3.02. The number of hydrogen-bond donors (Lipinski definition) is 0. The summed E-state index contributed by atoms with van der Waals surface area (Å²) >= 11 is 5.83. The summed E-state index contributed by atoms with van der Waals surface area (Å²) in [6, 6.07) is 0.446. The molecule has 3 heteroatoms. The minimum absolute atomic E-state index is 0.208. The molecule has 0 aromatic rings. The highest BCUT2D eigenvalue weighted by Crippen LogP contribution is 2.01. The second kappa shape index (κ2) is 5.81. The van der Waals surface area contributed by atoms with Crippen LogP contribution in [0.3, 0.4) is 0 Å². The minimum atomic E-state index is 0.208. The number of methoxy groups -OCH3 is 1. The quantitative estimate of drug-likeness (QED) is 0.595. The Kier molecular flexibility index (Phi) is 5.92. The Bertz CT molecular complexity index is 98.1. The lowest BCUT2D eigenvalue weighted by atomic mass is 10.3. The van der Waals surface area contributed by atoms with E-state index in [0.717, 1.165) is 13.2 Å². The Labute approximate surface area is 74.5 Å². The van der Waals surface area contributed by atoms with Crippen molar-refractivity contribution in [1.29, 1.82) is 0 Å². The largest absolute Gasteiger partial charge is 0.383 e. The van der Waals surface area contributed by atoms with Gasteiger partial charge >= 0.3 is 0 Å². The first-order valence-corrected chi connectivity index (χ1v) is 4.34. The van der Waals surface area contributed by atoms with E-state index in [4.69, 9.17) is 16.3 Å². The van der Waals surface area contributed by atoms with E-state index in [9.17, 15) is 0 Å². The summed E-state index contributed by atoms with van der Waals surface area (Å²) in [5, 5.41) is 0.208. The van der Waals surface area contributed by atoms with Crippen molar-refractivity contribution in [2.24, 2.45) is 0 Å². The van der Waals surface area contributed by atoms with Crippen molar-refractivity contribution in [1.82, 2.24) is 4.90 Å². The van der Waals surface area contributed by atoms with Gasteiger partial charge in [0.25, 0.3) is 0 Å². The molecule has 2 unspecified atom stereocenters. The Morgan fingerprint density at radius 1 is 1.45 bits per heavy atom. The van der Waals surface area contributed by atoms with Gasteiger partial charge in [0.2, 0.25) is 0 Å². The van der Waals surface area contributed by atoms with Crippen LogP contribution in [0, 0.1) is 0 Å². The van der Waals surface area contributed by atoms with Gasteiger partial charge in [-0.2, -0.15) is 0 Å². The van der Waals surface area contributed by atoms with Crippen LogP contribution in [0.25, 0.3) is 0 Å². The van der Waals surface area contributed by atoms with Crippen LogP contribution in [-0.2, 0) is 4.74 Å². The zero-order valence-corrected chi connectivity index (χ0v) is 8.56. The van der Waals surface area contributed by atoms with Crippen LogP contribution in [-0.4, -0.2) is 43.6 Å². The van der Waals surface area contributed by atoms with Gasteiger partial charge in [0.15, 0.2) is 0 Å². The van der Waals surface area contributed by atoms with Crippen LogP contribution >= 0.6 is 11.6 Å². The second-order valence-corrected chi connectivity index (χ2v) is 3.77. The molecule has 0 aromatic carbocycles. The molecule has 0 bridgehead atoms. The van der Waals surface area contributed by atoms with Gasteiger partial charge in [0.05, 0.1) is 6.61 Å². The lowest BCUT2D eigenvalue weighted by molar-refractivity contribution is 0.116. The van der Waals surface area contributed by atoms with E-state index in [1.165, 1.54) is 0 Å². The Balaban J connectivity index is 3.54. The van der Waals surface area contributed by atoms with Gasteiger partial charge in [-0.15, -0.1) is 11.6 Å². The molecule has 0 amide bonds. The number of likely N-dealkylation sites (N-methyl/N-ethyl adjacent to an activating group) is 1. The topological polar surface area (TPSA) is 12.5 Å². The van der Waals surface area contributed by atoms with Crippen molar-refractivity contribution in [2.45, 2.75) is 25.3 Å². The monoisotopic (exact) mass is 179 g/mol. The van der Waals surface area contributed by atoms with Crippen molar-refractivity contribution in [3.63, 3.8) is 0 Å². The normalized spacial score (nSPS) is 16.9. The first-order valence-electron chi connectivity index (χ1n) is 3.91. The van der Waals surface area contributed by atoms with E-state index in [-0.39, 0.29) is 5.38 Å². The predicted molar refractivity (Wildman–Crippen MR) is 49.3 cm³/mol. The molecule has 0 radical (unpaired) electrons. The summed E-state index contributed by atoms with van der Waals surface area (Å²) in [6.45, 7) is 5.80. The fourth-order valence-electron chi connectivity index (χ4n) is 0.945. The lowest BCUT2D eigenvalue weighted by Crippen LogP contribution is -2.36. The van der Waals surface area contributed by atoms with E-state index in [1.54, 1.807) is 7.11 Å². The van der Waals surface area contributed by atoms with Crippen LogP contribution in [0.15, 0.2) is 0 Å². The Hall–Kier alpha value is 0.210. The lowest BCUT2D eigenvalue weighted by Gasteiger charge is -2.24. The smallest absolute Gasteiger partial charge is 0.0615 e. The maximum atomic E-state index is 5.83. The Morgan fingerprint density at radius 3 is 2.36 bits per heavy atom. The molecular weight excluding hydrogens is 162 g/mol. The molecule has 2 nitrogen and oxygen atoms in total. The molecule has 0 rings (SSSR count). The minimum Gasteiger partial charge on any atom is -0.383 e. The standard InChI is InChI=1S/C8H18ClNO/c1-7(9)5-10(3)8(2)6-11-4/h7-8H,5-6H2,1-4H3. The van der Waals surface area contributed by atoms with Crippen LogP contribution in [0.2, 0.25) is 0 Å². The third-order valence-electron chi connectivity index (χ3n) is 1.70. The van der Waals surface area contributed by atoms with Gasteiger partial charge in [-0.25, -0.2) is 0 Å². The summed E-state index contributed by atoms with van der Waals surface area (Å²) < 4.78 is 5.02. The van der Waals surface area contributed by atoms with Crippen molar-refractivity contribution in [2.75, 3.05) is 27.3 Å². The highest BCUT2D eigenvalue weighted by molar-refractivity contribution is 6.20. The maximum absolute atomic E-state index is 5.83. The molecule has 0 aliphatic rings. The third kappa shape index (κ3) is 5.48. The number of ether oxygens (including phenoxy) is 1. The molecule has 0 saturated heterocycles. The predicted octanol–water partition coefficient (Wildman–Crippen LogP) is 1.58. The molecule has 2 atom stereocenters. The van der Waals surface area contributed by atoms with E-state index in [1.807, 2.05) is 6.92 Å². The van der Waals surface area contributed by atoms with Gasteiger partial charge in [-0.1, -0.05) is 0 Å². The van der Waals surface area contributed by atoms with Crippen molar-refractivity contribution >= 4 is 11.6 Å². The number of hydrogen-bond acceptors (Lipinski definition) is 2. The van der Waals surface area contributed by atoms with E-state index < -0.39 is 0 Å². The highest BCUT2D eigenvalue weighted by Gasteiger charge is 2.09. The molecular formula is C8H18ClNO. The van der Waals surface area contributed by atoms with Gasteiger partial charge < -0.3 is 4.74 Å². The molecule has 0 saturated carbocycles. The summed E-state index contributed by atoms with van der Waals surface area (Å²) in [5.41, 5.74) is 0. The number of halogens is 1. The fraction of sp³-hybridized carbons (Fsp3) is 1.00. The molecule has 0 aromatic heterocycles. The van der Waals surface area contributed by atoms with Crippen LogP contribution in [0.5, 0.6) is 0 Å². The molecule has 0 N–H and O–H groups in total. The van der Waals surface area contributed by atoms with Crippen molar-refractivity contribution < 1.29 is 4.74 Å². The highest BCUT2D eigenvalue weighted by atomic mass is 35.5. The molecule has 0 heterocycles. The summed E-state index contributed by atoms with van der Waals surface area (Å²) in [6.07, 6.45) is 0. The number of alkyl halides is 1. The van der Waals surface area contributed by atoms with Crippen molar-refractivity contribution in [3.8, 4) is 0 Å². The molecule has 0 aliphatic carbocycles. The van der Waals surface area contributed by atoms with Gasteiger partial charge in [-0.05, 0) is 20.9 Å². The van der Waals surface area contributed by atoms with Crippen molar-refractivity contribution in [3.05, 3.63) is 0 Å². The third-order valence-corrected chi connectivity index (χ3v) is 1.84. The van der Waals surface area contributed by atoms with E-state index in [0.29, 0.717) is 6.04 Å². The van der Waals surface area contributed by atoms with Crippen LogP contribution < -0.4 is 0 Å². The van der Waals surface area contributed by atoms with Gasteiger partial charge in [-0.3, -0.25) is 4.90 Å². The first kappa shape index (κ1) is 11.2. The average Bonchev–Trinajstić information content (AvgIpc) is 1.86. The van der Waals surface area contributed by atoms with E-state index in [2.05, 4.69) is 18.9 Å². The molecule has 11 heavy (non-hydrogen) atoms. The fourth-order valence-corrected chi connectivity index (χ4v) is 1.16. The molecule has 0 spiro atoms. The zero-order chi connectivity index (χ0) is 8.85. The number of nitrogens with zero attached hydrogens (tertiary/aromatic N) is 1. The first-order chi connectivity index (χ1) is 5.07. The van der Waals surface area contributed by atoms with Gasteiger partial charge in [0, 0.05) is 25.1 Å². The van der Waals surface area contributed by atoms with Gasteiger partial charge in [0.1, 0.15) is 0 Å². The van der Waals surface area contributed by atoms with E-state index >= 15 is 0 Å². The molecule has 68 valence electrons.